The Hall–Kier alpha value is -3.23. The maximum absolute atomic E-state index is 12.6. The first-order valence-corrected chi connectivity index (χ1v) is 9.52. The number of pyridine rings is 1. The van der Waals surface area contributed by atoms with Crippen LogP contribution in [0, 0.1) is 0 Å². The first-order valence-electron chi connectivity index (χ1n) is 9.52. The molecule has 0 unspecified atom stereocenters. The average Bonchev–Trinajstić information content (AvgIpc) is 2.68. The molecular formula is C20H25N5O4. The van der Waals surface area contributed by atoms with Crippen molar-refractivity contribution >= 4 is 12.0 Å². The molecule has 2 amide bonds. The highest BCUT2D eigenvalue weighted by Crippen LogP contribution is 2.17. The van der Waals surface area contributed by atoms with Gasteiger partial charge in [0.2, 0.25) is 0 Å². The van der Waals surface area contributed by atoms with Crippen LogP contribution in [0.1, 0.15) is 44.0 Å². The molecule has 0 spiro atoms. The normalized spacial score (nSPS) is 15.1. The zero-order valence-corrected chi connectivity index (χ0v) is 16.8. The zero-order chi connectivity index (χ0) is 21.0. The van der Waals surface area contributed by atoms with E-state index in [0.29, 0.717) is 31.6 Å². The predicted molar refractivity (Wildman–Crippen MR) is 106 cm³/mol. The van der Waals surface area contributed by atoms with Crippen molar-refractivity contribution < 1.29 is 14.3 Å². The molecule has 0 aliphatic carbocycles. The largest absolute Gasteiger partial charge is 0.444 e. The van der Waals surface area contributed by atoms with E-state index in [1.54, 1.807) is 29.4 Å². The quantitative estimate of drug-likeness (QED) is 0.815. The van der Waals surface area contributed by atoms with Crippen LogP contribution in [-0.2, 0) is 4.74 Å². The number of hydrogen-bond acceptors (Lipinski definition) is 6. The molecule has 2 aromatic heterocycles. The summed E-state index contributed by atoms with van der Waals surface area (Å²) in [5.74, 6) is -0.459. The molecule has 1 aliphatic heterocycles. The zero-order valence-electron chi connectivity index (χ0n) is 16.8. The van der Waals surface area contributed by atoms with Crippen molar-refractivity contribution in [2.75, 3.05) is 13.1 Å². The number of amides is 2. The Morgan fingerprint density at radius 3 is 2.48 bits per heavy atom. The summed E-state index contributed by atoms with van der Waals surface area (Å²) >= 11 is 0. The third-order valence-electron chi connectivity index (χ3n) is 4.51. The van der Waals surface area contributed by atoms with Crippen LogP contribution >= 0.6 is 0 Å². The smallest absolute Gasteiger partial charge is 0.410 e. The average molecular weight is 399 g/mol. The first kappa shape index (κ1) is 20.5. The number of hydrogen-bond donors (Lipinski definition) is 2. The lowest BCUT2D eigenvalue weighted by Crippen LogP contribution is -2.48. The molecule has 9 heteroatoms. The van der Waals surface area contributed by atoms with E-state index in [4.69, 9.17) is 4.74 Å². The minimum Gasteiger partial charge on any atom is -0.444 e. The van der Waals surface area contributed by atoms with E-state index in [2.05, 4.69) is 20.5 Å². The maximum atomic E-state index is 12.6. The second-order valence-corrected chi connectivity index (χ2v) is 7.95. The Labute approximate surface area is 168 Å². The Bertz CT molecular complexity index is 928. The lowest BCUT2D eigenvalue weighted by molar-refractivity contribution is 0.0199. The van der Waals surface area contributed by atoms with Crippen LogP contribution in [0.5, 0.6) is 0 Å². The minimum absolute atomic E-state index is 0.00128. The molecular weight excluding hydrogens is 374 g/mol. The van der Waals surface area contributed by atoms with E-state index in [-0.39, 0.29) is 17.7 Å². The lowest BCUT2D eigenvalue weighted by Gasteiger charge is -2.33. The minimum atomic E-state index is -0.550. The summed E-state index contributed by atoms with van der Waals surface area (Å²) in [5.41, 5.74) is 0.137. The molecule has 3 heterocycles. The Morgan fingerprint density at radius 2 is 1.86 bits per heavy atom. The van der Waals surface area contributed by atoms with E-state index < -0.39 is 17.1 Å². The summed E-state index contributed by atoms with van der Waals surface area (Å²) in [6, 6.07) is 4.83. The molecule has 0 bridgehead atoms. The molecule has 154 valence electrons. The number of likely N-dealkylation sites (tertiary alicyclic amines) is 1. The van der Waals surface area contributed by atoms with E-state index >= 15 is 0 Å². The van der Waals surface area contributed by atoms with Gasteiger partial charge in [-0.2, -0.15) is 5.10 Å². The summed E-state index contributed by atoms with van der Waals surface area (Å²) in [6.45, 7) is 6.43. The lowest BCUT2D eigenvalue weighted by atomic mass is 10.0. The number of ether oxygens (including phenoxy) is 1. The molecule has 3 rings (SSSR count). The van der Waals surface area contributed by atoms with Crippen LogP contribution in [0.2, 0.25) is 0 Å². The van der Waals surface area contributed by atoms with Crippen LogP contribution in [-0.4, -0.2) is 56.8 Å². The van der Waals surface area contributed by atoms with Crippen molar-refractivity contribution in [1.82, 2.24) is 25.4 Å². The molecule has 29 heavy (non-hydrogen) atoms. The summed E-state index contributed by atoms with van der Waals surface area (Å²) in [6.07, 6.45) is 4.05. The van der Waals surface area contributed by atoms with Gasteiger partial charge < -0.3 is 15.0 Å². The van der Waals surface area contributed by atoms with Crippen LogP contribution in [0.3, 0.4) is 0 Å². The van der Waals surface area contributed by atoms with Crippen molar-refractivity contribution in [3.8, 4) is 11.3 Å². The van der Waals surface area contributed by atoms with Crippen molar-refractivity contribution in [2.45, 2.75) is 45.3 Å². The summed E-state index contributed by atoms with van der Waals surface area (Å²) in [5, 5.41) is 9.25. The van der Waals surface area contributed by atoms with Gasteiger partial charge in [0.15, 0.2) is 0 Å². The molecule has 2 aromatic rings. The number of aromatic nitrogens is 3. The van der Waals surface area contributed by atoms with Gasteiger partial charge >= 0.3 is 6.09 Å². The number of H-pyrrole nitrogens is 1. The number of piperidine rings is 1. The van der Waals surface area contributed by atoms with Gasteiger partial charge in [-0.25, -0.2) is 9.89 Å². The fraction of sp³-hybridized carbons (Fsp3) is 0.450. The fourth-order valence-corrected chi connectivity index (χ4v) is 3.04. The number of aromatic amines is 1. The van der Waals surface area contributed by atoms with E-state index in [9.17, 15) is 14.4 Å². The Balaban J connectivity index is 1.62. The van der Waals surface area contributed by atoms with Crippen LogP contribution in [0.25, 0.3) is 11.3 Å². The first-order chi connectivity index (χ1) is 13.7. The second kappa shape index (κ2) is 8.42. The van der Waals surface area contributed by atoms with E-state index in [0.717, 1.165) is 5.56 Å². The molecule has 2 N–H and O–H groups in total. The number of nitrogens with one attached hydrogen (secondary N) is 2. The van der Waals surface area contributed by atoms with Crippen molar-refractivity contribution in [3.05, 3.63) is 46.5 Å². The third-order valence-corrected chi connectivity index (χ3v) is 4.51. The Morgan fingerprint density at radius 1 is 1.21 bits per heavy atom. The number of nitrogens with zero attached hydrogens (tertiary/aromatic N) is 3. The topological polar surface area (TPSA) is 117 Å². The molecule has 0 aromatic carbocycles. The van der Waals surface area contributed by atoms with Gasteiger partial charge in [0.05, 0.1) is 5.69 Å². The summed E-state index contributed by atoms with van der Waals surface area (Å²) in [4.78, 5) is 42.5. The van der Waals surface area contributed by atoms with Crippen LogP contribution in [0.4, 0.5) is 4.79 Å². The molecule has 1 fully saturated rings. The maximum Gasteiger partial charge on any atom is 0.410 e. The van der Waals surface area contributed by atoms with Gasteiger partial charge in [-0.05, 0) is 51.8 Å². The van der Waals surface area contributed by atoms with Crippen molar-refractivity contribution in [2.24, 2.45) is 0 Å². The molecule has 0 saturated carbocycles. The van der Waals surface area contributed by atoms with Crippen molar-refractivity contribution in [3.63, 3.8) is 0 Å². The van der Waals surface area contributed by atoms with E-state index in [1.165, 1.54) is 6.07 Å². The fourth-order valence-electron chi connectivity index (χ4n) is 3.04. The van der Waals surface area contributed by atoms with Gasteiger partial charge in [-0.3, -0.25) is 14.6 Å². The highest BCUT2D eigenvalue weighted by atomic mass is 16.6. The molecule has 0 radical (unpaired) electrons. The Kier molecular flexibility index (Phi) is 5.95. The van der Waals surface area contributed by atoms with Gasteiger partial charge in [0.25, 0.3) is 11.5 Å². The van der Waals surface area contributed by atoms with Crippen molar-refractivity contribution in [1.29, 1.82) is 0 Å². The van der Waals surface area contributed by atoms with Gasteiger partial charge in [-0.1, -0.05) is 0 Å². The third kappa shape index (κ3) is 5.40. The molecule has 9 nitrogen and oxygen atoms in total. The monoisotopic (exact) mass is 399 g/mol. The van der Waals surface area contributed by atoms with E-state index in [1.807, 2.05) is 20.8 Å². The van der Waals surface area contributed by atoms with Gasteiger partial charge in [0.1, 0.15) is 11.2 Å². The molecule has 1 aliphatic rings. The van der Waals surface area contributed by atoms with Gasteiger partial charge in [0, 0.05) is 37.1 Å². The number of carbonyl (C=O) groups is 2. The second-order valence-electron chi connectivity index (χ2n) is 7.95. The SMILES string of the molecule is CC(C)(C)OC(=O)N1CCC(NC(=O)c2cc(-c3ccncc3)n[nH]c2=O)CC1. The molecule has 1 saturated heterocycles. The number of carbonyl (C=O) groups excluding carboxylic acids is 2. The standard InChI is InChI=1S/C20H25N5O4/c1-20(2,3)29-19(28)25-10-6-14(7-11-25)22-17(26)15-12-16(23-24-18(15)27)13-4-8-21-9-5-13/h4-5,8-9,12,14H,6-7,10-11H2,1-3H3,(H,22,26)(H,24,27). The summed E-state index contributed by atoms with van der Waals surface area (Å²) in [7, 11) is 0. The number of rotatable bonds is 3. The highest BCUT2D eigenvalue weighted by Gasteiger charge is 2.28. The van der Waals surface area contributed by atoms with Crippen LogP contribution < -0.4 is 10.9 Å². The molecule has 0 atom stereocenters. The van der Waals surface area contributed by atoms with Gasteiger partial charge in [-0.15, -0.1) is 0 Å². The van der Waals surface area contributed by atoms with Crippen LogP contribution in [0.15, 0.2) is 35.4 Å². The summed E-state index contributed by atoms with van der Waals surface area (Å²) < 4.78 is 5.38. The predicted octanol–water partition coefficient (Wildman–Crippen LogP) is 1.96. The highest BCUT2D eigenvalue weighted by molar-refractivity contribution is 5.94.